The van der Waals surface area contributed by atoms with Gasteiger partial charge in [0.2, 0.25) is 0 Å². The normalized spacial score (nSPS) is 45.8. The van der Waals surface area contributed by atoms with Gasteiger partial charge in [-0.25, -0.2) is 0 Å². The van der Waals surface area contributed by atoms with Crippen molar-refractivity contribution in [2.75, 3.05) is 7.05 Å². The molecule has 0 aromatic heterocycles. The number of hydrogen-bond donors (Lipinski definition) is 3. The number of likely N-dealkylation sites (N-methyl/N-ethyl adjacent to an activating group) is 1. The van der Waals surface area contributed by atoms with Crippen LogP contribution in [0.25, 0.3) is 0 Å². The smallest absolute Gasteiger partial charge is 0.182 e. The van der Waals surface area contributed by atoms with Crippen molar-refractivity contribution in [2.24, 2.45) is 0 Å². The molecule has 0 aliphatic carbocycles. The summed E-state index contributed by atoms with van der Waals surface area (Å²) in [5, 5.41) is 21.4. The van der Waals surface area contributed by atoms with Crippen molar-refractivity contribution < 1.29 is 14.9 Å². The molecule has 0 saturated carbocycles. The fraction of sp³-hybridized carbons (Fsp3) is 1.00. The molecule has 1 unspecified atom stereocenters. The van der Waals surface area contributed by atoms with Crippen LogP contribution < -0.4 is 5.32 Å². The maximum absolute atomic E-state index is 9.32. The molecular formula is C7H15NO3. The van der Waals surface area contributed by atoms with E-state index in [1.165, 1.54) is 0 Å². The largest absolute Gasteiger partial charge is 0.386 e. The SMILES string of the molecule is CNC1C[C@@H](C)O[C@@H](O)[C@H]1O. The molecule has 0 spiro atoms. The molecule has 0 amide bonds. The summed E-state index contributed by atoms with van der Waals surface area (Å²) in [5.74, 6) is 0. The minimum Gasteiger partial charge on any atom is -0.386 e. The van der Waals surface area contributed by atoms with Gasteiger partial charge >= 0.3 is 0 Å². The van der Waals surface area contributed by atoms with Gasteiger partial charge in [-0.1, -0.05) is 0 Å². The first-order valence-electron chi connectivity index (χ1n) is 3.84. The predicted octanol–water partition coefficient (Wildman–Crippen LogP) is -0.938. The predicted molar refractivity (Wildman–Crippen MR) is 40.0 cm³/mol. The minimum absolute atomic E-state index is 0.00542. The molecule has 66 valence electrons. The molecule has 0 bridgehead atoms. The molecular weight excluding hydrogens is 146 g/mol. The van der Waals surface area contributed by atoms with E-state index in [4.69, 9.17) is 9.84 Å². The second-order valence-corrected chi connectivity index (χ2v) is 2.96. The second kappa shape index (κ2) is 3.49. The van der Waals surface area contributed by atoms with Crippen LogP contribution in [0.5, 0.6) is 0 Å². The van der Waals surface area contributed by atoms with E-state index in [1.807, 2.05) is 6.92 Å². The highest BCUT2D eigenvalue weighted by Gasteiger charge is 2.33. The first-order chi connectivity index (χ1) is 5.15. The Hall–Kier alpha value is -0.160. The Labute approximate surface area is 66.2 Å². The van der Waals surface area contributed by atoms with Crippen molar-refractivity contribution in [3.05, 3.63) is 0 Å². The van der Waals surface area contributed by atoms with E-state index < -0.39 is 12.4 Å². The summed E-state index contributed by atoms with van der Waals surface area (Å²) in [7, 11) is 1.76. The zero-order valence-electron chi connectivity index (χ0n) is 6.82. The van der Waals surface area contributed by atoms with Crippen molar-refractivity contribution in [1.29, 1.82) is 0 Å². The van der Waals surface area contributed by atoms with Gasteiger partial charge in [-0.15, -0.1) is 0 Å². The van der Waals surface area contributed by atoms with Crippen LogP contribution in [0.1, 0.15) is 13.3 Å². The summed E-state index contributed by atoms with van der Waals surface area (Å²) in [5.41, 5.74) is 0. The summed E-state index contributed by atoms with van der Waals surface area (Å²) in [4.78, 5) is 0. The molecule has 4 nitrogen and oxygen atoms in total. The van der Waals surface area contributed by atoms with E-state index in [2.05, 4.69) is 5.32 Å². The first kappa shape index (κ1) is 8.93. The summed E-state index contributed by atoms with van der Waals surface area (Å²) in [6.07, 6.45) is -1.12. The lowest BCUT2D eigenvalue weighted by Crippen LogP contribution is -2.52. The molecule has 4 atom stereocenters. The Kier molecular flexibility index (Phi) is 2.84. The molecule has 0 aromatic carbocycles. The highest BCUT2D eigenvalue weighted by Crippen LogP contribution is 2.17. The van der Waals surface area contributed by atoms with Gasteiger partial charge in [0.05, 0.1) is 6.10 Å². The molecule has 1 aliphatic heterocycles. The van der Waals surface area contributed by atoms with E-state index in [1.54, 1.807) is 7.05 Å². The van der Waals surface area contributed by atoms with Crippen molar-refractivity contribution >= 4 is 0 Å². The molecule has 1 saturated heterocycles. The van der Waals surface area contributed by atoms with Gasteiger partial charge < -0.3 is 20.3 Å². The summed E-state index contributed by atoms with van der Waals surface area (Å²) in [6, 6.07) is -0.0613. The maximum atomic E-state index is 9.32. The third-order valence-corrected chi connectivity index (χ3v) is 2.03. The van der Waals surface area contributed by atoms with E-state index in [9.17, 15) is 5.11 Å². The van der Waals surface area contributed by atoms with Gasteiger partial charge in [-0.2, -0.15) is 0 Å². The summed E-state index contributed by atoms with van der Waals surface area (Å²) >= 11 is 0. The van der Waals surface area contributed by atoms with Crippen LogP contribution in [-0.4, -0.2) is 41.8 Å². The molecule has 1 aliphatic rings. The molecule has 0 radical (unpaired) electrons. The van der Waals surface area contributed by atoms with Crippen molar-refractivity contribution in [3.63, 3.8) is 0 Å². The Balaban J connectivity index is 2.51. The lowest BCUT2D eigenvalue weighted by atomic mass is 10.0. The minimum atomic E-state index is -1.05. The number of ether oxygens (including phenoxy) is 1. The average Bonchev–Trinajstić information content (AvgIpc) is 1.96. The topological polar surface area (TPSA) is 61.7 Å². The maximum Gasteiger partial charge on any atom is 0.182 e. The van der Waals surface area contributed by atoms with Gasteiger partial charge in [-0.05, 0) is 20.4 Å². The van der Waals surface area contributed by atoms with E-state index in [0.717, 1.165) is 6.42 Å². The zero-order valence-corrected chi connectivity index (χ0v) is 6.82. The first-order valence-corrected chi connectivity index (χ1v) is 3.84. The van der Waals surface area contributed by atoms with Crippen LogP contribution in [0.2, 0.25) is 0 Å². The number of hydrogen-bond acceptors (Lipinski definition) is 4. The monoisotopic (exact) mass is 161 g/mol. The van der Waals surface area contributed by atoms with Crippen LogP contribution in [-0.2, 0) is 4.74 Å². The van der Waals surface area contributed by atoms with Crippen LogP contribution in [0, 0.1) is 0 Å². The number of nitrogens with one attached hydrogen (secondary N) is 1. The molecule has 3 N–H and O–H groups in total. The summed E-state index contributed by atoms with van der Waals surface area (Å²) in [6.45, 7) is 1.87. The molecule has 4 heteroatoms. The van der Waals surface area contributed by atoms with Crippen molar-refractivity contribution in [2.45, 2.75) is 37.9 Å². The zero-order chi connectivity index (χ0) is 8.43. The average molecular weight is 161 g/mol. The van der Waals surface area contributed by atoms with Crippen LogP contribution in [0.4, 0.5) is 0 Å². The molecule has 1 heterocycles. The van der Waals surface area contributed by atoms with Gasteiger partial charge in [0.15, 0.2) is 6.29 Å². The van der Waals surface area contributed by atoms with Gasteiger partial charge in [0.1, 0.15) is 6.10 Å². The Morgan fingerprint density at radius 3 is 2.64 bits per heavy atom. The molecule has 0 aromatic rings. The number of aliphatic hydroxyl groups is 2. The van der Waals surface area contributed by atoms with Crippen LogP contribution in [0.15, 0.2) is 0 Å². The quantitative estimate of drug-likeness (QED) is 0.464. The van der Waals surface area contributed by atoms with Gasteiger partial charge in [0.25, 0.3) is 0 Å². The second-order valence-electron chi connectivity index (χ2n) is 2.96. The lowest BCUT2D eigenvalue weighted by Gasteiger charge is -2.35. The fourth-order valence-corrected chi connectivity index (χ4v) is 1.36. The molecule has 1 rings (SSSR count). The lowest BCUT2D eigenvalue weighted by molar-refractivity contribution is -0.219. The highest BCUT2D eigenvalue weighted by atomic mass is 16.6. The number of aliphatic hydroxyl groups excluding tert-OH is 2. The van der Waals surface area contributed by atoms with Gasteiger partial charge in [-0.3, -0.25) is 0 Å². The van der Waals surface area contributed by atoms with Crippen LogP contribution in [0.3, 0.4) is 0 Å². The van der Waals surface area contributed by atoms with E-state index in [-0.39, 0.29) is 12.1 Å². The summed E-state index contributed by atoms with van der Waals surface area (Å²) < 4.78 is 5.00. The Bertz CT molecular complexity index is 131. The van der Waals surface area contributed by atoms with Crippen molar-refractivity contribution in [1.82, 2.24) is 5.32 Å². The van der Waals surface area contributed by atoms with E-state index in [0.29, 0.717) is 0 Å². The third kappa shape index (κ3) is 1.90. The number of rotatable bonds is 1. The highest BCUT2D eigenvalue weighted by molar-refractivity contribution is 4.83. The fourth-order valence-electron chi connectivity index (χ4n) is 1.36. The molecule has 11 heavy (non-hydrogen) atoms. The van der Waals surface area contributed by atoms with Crippen LogP contribution >= 0.6 is 0 Å². The molecule has 1 fully saturated rings. The standard InChI is InChI=1S/C7H15NO3/c1-4-3-5(8-2)6(9)7(10)11-4/h4-10H,3H2,1-2H3/t4-,5?,6+,7-/m1/s1. The Morgan fingerprint density at radius 1 is 1.45 bits per heavy atom. The van der Waals surface area contributed by atoms with E-state index >= 15 is 0 Å². The third-order valence-electron chi connectivity index (χ3n) is 2.03. The van der Waals surface area contributed by atoms with Crippen molar-refractivity contribution in [3.8, 4) is 0 Å². The van der Waals surface area contributed by atoms with Gasteiger partial charge in [0, 0.05) is 6.04 Å². The Morgan fingerprint density at radius 2 is 2.09 bits per heavy atom.